The first-order valence-electron chi connectivity index (χ1n) is 7.94. The van der Waals surface area contributed by atoms with Gasteiger partial charge < -0.3 is 15.4 Å². The number of nitrogens with one attached hydrogen (secondary N) is 2. The molecule has 1 saturated heterocycles. The fourth-order valence-corrected chi connectivity index (χ4v) is 4.41. The standard InChI is InChI=1S/C14H28N4O3S/c1-15-14(17-12-5-10-22(19,20)11-12)16-6-7-18(8-9-21-2)13-3-4-13/h12-13H,3-11H2,1-2H3,(H2,15,16,17). The second kappa shape index (κ2) is 8.12. The molecule has 1 aliphatic heterocycles. The van der Waals surface area contributed by atoms with Crippen LogP contribution in [0.5, 0.6) is 0 Å². The van der Waals surface area contributed by atoms with Gasteiger partial charge >= 0.3 is 0 Å². The quantitative estimate of drug-likeness (QED) is 0.458. The summed E-state index contributed by atoms with van der Waals surface area (Å²) in [5.74, 6) is 1.16. The van der Waals surface area contributed by atoms with Gasteiger partial charge in [-0.2, -0.15) is 0 Å². The number of hydrogen-bond donors (Lipinski definition) is 2. The molecule has 0 bridgehead atoms. The van der Waals surface area contributed by atoms with E-state index in [-0.39, 0.29) is 17.5 Å². The van der Waals surface area contributed by atoms with E-state index in [4.69, 9.17) is 4.74 Å². The van der Waals surface area contributed by atoms with Crippen LogP contribution in [0.25, 0.3) is 0 Å². The third kappa shape index (κ3) is 5.73. The molecule has 128 valence electrons. The molecule has 22 heavy (non-hydrogen) atoms. The van der Waals surface area contributed by atoms with E-state index in [1.807, 2.05) is 0 Å². The Kier molecular flexibility index (Phi) is 6.46. The van der Waals surface area contributed by atoms with Crippen LogP contribution in [0.2, 0.25) is 0 Å². The van der Waals surface area contributed by atoms with Crippen LogP contribution in [0.1, 0.15) is 19.3 Å². The molecule has 7 nitrogen and oxygen atoms in total. The Balaban J connectivity index is 1.69. The van der Waals surface area contributed by atoms with Gasteiger partial charge in [0.05, 0.1) is 18.1 Å². The van der Waals surface area contributed by atoms with E-state index in [1.165, 1.54) is 12.8 Å². The van der Waals surface area contributed by atoms with Gasteiger partial charge in [0.1, 0.15) is 0 Å². The minimum Gasteiger partial charge on any atom is -0.383 e. The second-order valence-electron chi connectivity index (χ2n) is 6.00. The zero-order chi connectivity index (χ0) is 16.0. The van der Waals surface area contributed by atoms with E-state index < -0.39 is 9.84 Å². The molecule has 2 N–H and O–H groups in total. The molecule has 1 unspecified atom stereocenters. The Morgan fingerprint density at radius 2 is 2.09 bits per heavy atom. The fourth-order valence-electron chi connectivity index (χ4n) is 2.74. The number of hydrogen-bond acceptors (Lipinski definition) is 5. The Morgan fingerprint density at radius 1 is 1.32 bits per heavy atom. The van der Waals surface area contributed by atoms with Crippen LogP contribution in [-0.2, 0) is 14.6 Å². The highest BCUT2D eigenvalue weighted by Gasteiger charge is 2.29. The first kappa shape index (κ1) is 17.5. The average Bonchev–Trinajstić information content (AvgIpc) is 3.26. The van der Waals surface area contributed by atoms with Gasteiger partial charge in [0.15, 0.2) is 15.8 Å². The average molecular weight is 332 g/mol. The molecule has 0 radical (unpaired) electrons. The lowest BCUT2D eigenvalue weighted by atomic mass is 10.3. The summed E-state index contributed by atoms with van der Waals surface area (Å²) in [5, 5.41) is 6.47. The molecule has 0 aromatic heterocycles. The van der Waals surface area contributed by atoms with Gasteiger partial charge in [-0.25, -0.2) is 8.42 Å². The third-order valence-corrected chi connectivity index (χ3v) is 5.90. The zero-order valence-corrected chi connectivity index (χ0v) is 14.4. The molecular formula is C14H28N4O3S. The molecule has 0 amide bonds. The molecule has 2 rings (SSSR count). The number of methoxy groups -OCH3 is 1. The van der Waals surface area contributed by atoms with Gasteiger partial charge in [-0.15, -0.1) is 0 Å². The smallest absolute Gasteiger partial charge is 0.191 e. The van der Waals surface area contributed by atoms with Crippen LogP contribution >= 0.6 is 0 Å². The van der Waals surface area contributed by atoms with Crippen molar-refractivity contribution in [2.45, 2.75) is 31.3 Å². The summed E-state index contributed by atoms with van der Waals surface area (Å²) in [6, 6.07) is 0.677. The van der Waals surface area contributed by atoms with E-state index in [2.05, 4.69) is 20.5 Å². The molecular weight excluding hydrogens is 304 g/mol. The fraction of sp³-hybridized carbons (Fsp3) is 0.929. The number of aliphatic imine (C=N–C) groups is 1. The number of guanidine groups is 1. The van der Waals surface area contributed by atoms with E-state index in [1.54, 1.807) is 14.2 Å². The van der Waals surface area contributed by atoms with Crippen LogP contribution in [0, 0.1) is 0 Å². The van der Waals surface area contributed by atoms with E-state index in [0.29, 0.717) is 18.4 Å². The Hall–Kier alpha value is -0.860. The molecule has 1 saturated carbocycles. The number of sulfone groups is 1. The summed E-state index contributed by atoms with van der Waals surface area (Å²) in [5.41, 5.74) is 0. The lowest BCUT2D eigenvalue weighted by Gasteiger charge is -2.23. The van der Waals surface area contributed by atoms with Crippen molar-refractivity contribution < 1.29 is 13.2 Å². The van der Waals surface area contributed by atoms with Gasteiger partial charge in [-0.3, -0.25) is 9.89 Å². The Labute approximate surface area is 133 Å². The molecule has 1 heterocycles. The second-order valence-corrected chi connectivity index (χ2v) is 8.23. The molecule has 1 aliphatic carbocycles. The predicted molar refractivity (Wildman–Crippen MR) is 88.0 cm³/mol. The number of ether oxygens (including phenoxy) is 1. The first-order chi connectivity index (χ1) is 10.5. The Morgan fingerprint density at radius 3 is 2.64 bits per heavy atom. The summed E-state index contributed by atoms with van der Waals surface area (Å²) in [7, 11) is 0.574. The topological polar surface area (TPSA) is 83.0 Å². The van der Waals surface area contributed by atoms with E-state index >= 15 is 0 Å². The highest BCUT2D eigenvalue weighted by Crippen LogP contribution is 2.25. The van der Waals surface area contributed by atoms with Crippen LogP contribution in [0.4, 0.5) is 0 Å². The summed E-state index contributed by atoms with van der Waals surface area (Å²) >= 11 is 0. The summed E-state index contributed by atoms with van der Waals surface area (Å²) in [6.45, 7) is 3.44. The van der Waals surface area contributed by atoms with Gasteiger partial charge in [0.2, 0.25) is 0 Å². The first-order valence-corrected chi connectivity index (χ1v) is 9.77. The van der Waals surface area contributed by atoms with E-state index in [0.717, 1.165) is 26.2 Å². The van der Waals surface area contributed by atoms with Crippen LogP contribution < -0.4 is 10.6 Å². The maximum Gasteiger partial charge on any atom is 0.191 e. The van der Waals surface area contributed by atoms with Gasteiger partial charge in [0, 0.05) is 45.9 Å². The van der Waals surface area contributed by atoms with Crippen molar-refractivity contribution in [2.75, 3.05) is 51.9 Å². The highest BCUT2D eigenvalue weighted by molar-refractivity contribution is 7.91. The largest absolute Gasteiger partial charge is 0.383 e. The van der Waals surface area contributed by atoms with Crippen molar-refractivity contribution in [1.82, 2.24) is 15.5 Å². The minimum atomic E-state index is -2.86. The van der Waals surface area contributed by atoms with Crippen molar-refractivity contribution in [2.24, 2.45) is 4.99 Å². The predicted octanol–water partition coefficient (Wildman–Crippen LogP) is -0.551. The SMILES string of the molecule is CN=C(NCCN(CCOC)C1CC1)NC1CCS(=O)(=O)C1. The number of rotatable bonds is 8. The van der Waals surface area contributed by atoms with Gasteiger partial charge in [0.25, 0.3) is 0 Å². The molecule has 0 aromatic rings. The van der Waals surface area contributed by atoms with Crippen molar-refractivity contribution in [3.05, 3.63) is 0 Å². The van der Waals surface area contributed by atoms with Crippen LogP contribution in [-0.4, -0.2) is 83.3 Å². The Bertz CT molecular complexity index is 476. The monoisotopic (exact) mass is 332 g/mol. The maximum absolute atomic E-state index is 11.5. The zero-order valence-electron chi connectivity index (χ0n) is 13.5. The normalized spacial score (nSPS) is 24.7. The van der Waals surface area contributed by atoms with Gasteiger partial charge in [-0.1, -0.05) is 0 Å². The third-order valence-electron chi connectivity index (χ3n) is 4.13. The lowest BCUT2D eigenvalue weighted by molar-refractivity contribution is 0.144. The molecule has 2 fully saturated rings. The molecule has 0 aromatic carbocycles. The summed E-state index contributed by atoms with van der Waals surface area (Å²) < 4.78 is 28.1. The summed E-state index contributed by atoms with van der Waals surface area (Å²) in [6.07, 6.45) is 3.21. The van der Waals surface area contributed by atoms with E-state index in [9.17, 15) is 8.42 Å². The molecule has 1 atom stereocenters. The number of nitrogens with zero attached hydrogens (tertiary/aromatic N) is 2. The lowest BCUT2D eigenvalue weighted by Crippen LogP contribution is -2.46. The minimum absolute atomic E-state index is 0.0239. The molecule has 2 aliphatic rings. The van der Waals surface area contributed by atoms with Crippen molar-refractivity contribution >= 4 is 15.8 Å². The van der Waals surface area contributed by atoms with Crippen LogP contribution in [0.15, 0.2) is 4.99 Å². The molecule has 0 spiro atoms. The van der Waals surface area contributed by atoms with Crippen LogP contribution in [0.3, 0.4) is 0 Å². The van der Waals surface area contributed by atoms with Gasteiger partial charge in [-0.05, 0) is 19.3 Å². The van der Waals surface area contributed by atoms with Crippen molar-refractivity contribution in [3.8, 4) is 0 Å². The van der Waals surface area contributed by atoms with Crippen molar-refractivity contribution in [3.63, 3.8) is 0 Å². The maximum atomic E-state index is 11.5. The molecule has 8 heteroatoms. The summed E-state index contributed by atoms with van der Waals surface area (Å²) in [4.78, 5) is 6.61. The highest BCUT2D eigenvalue weighted by atomic mass is 32.2. The van der Waals surface area contributed by atoms with Crippen molar-refractivity contribution in [1.29, 1.82) is 0 Å².